The highest BCUT2D eigenvalue weighted by Gasteiger charge is 2.19. The van der Waals surface area contributed by atoms with Gasteiger partial charge in [0.25, 0.3) is 0 Å². The molecule has 25 heavy (non-hydrogen) atoms. The Balaban J connectivity index is 1.84. The van der Waals surface area contributed by atoms with Gasteiger partial charge in [0.05, 0.1) is 6.26 Å². The summed E-state index contributed by atoms with van der Waals surface area (Å²) in [6.45, 7) is 4.25. The van der Waals surface area contributed by atoms with Crippen LogP contribution < -0.4 is 0 Å². The van der Waals surface area contributed by atoms with Crippen molar-refractivity contribution >= 4 is 5.71 Å². The van der Waals surface area contributed by atoms with Gasteiger partial charge in [0.15, 0.2) is 5.76 Å². The molecule has 128 valence electrons. The van der Waals surface area contributed by atoms with Crippen LogP contribution in [0.25, 0.3) is 22.6 Å². The van der Waals surface area contributed by atoms with Crippen molar-refractivity contribution in [2.45, 2.75) is 19.8 Å². The molecule has 3 aromatic rings. The minimum Gasteiger partial charge on any atom is -0.463 e. The van der Waals surface area contributed by atoms with Crippen molar-refractivity contribution in [1.82, 2.24) is 9.58 Å². The van der Waals surface area contributed by atoms with E-state index in [1.807, 2.05) is 18.2 Å². The van der Waals surface area contributed by atoms with E-state index in [4.69, 9.17) is 9.52 Å². The van der Waals surface area contributed by atoms with E-state index >= 15 is 0 Å². The first-order valence-electron chi connectivity index (χ1n) is 8.79. The summed E-state index contributed by atoms with van der Waals surface area (Å²) in [4.78, 5) is 2.35. The molecule has 1 saturated heterocycles. The summed E-state index contributed by atoms with van der Waals surface area (Å²) in [6, 6.07) is 16.6. The summed E-state index contributed by atoms with van der Waals surface area (Å²) in [7, 11) is 2.17. The Morgan fingerprint density at radius 1 is 1.00 bits per heavy atom. The highest BCUT2D eigenvalue weighted by atomic mass is 16.3. The van der Waals surface area contributed by atoms with Gasteiger partial charge in [-0.3, -0.25) is 0 Å². The molecule has 1 fully saturated rings. The number of furan rings is 1. The molecule has 0 bridgehead atoms. The number of rotatable bonds is 3. The van der Waals surface area contributed by atoms with Crippen molar-refractivity contribution in [3.05, 3.63) is 60.5 Å². The smallest absolute Gasteiger partial charge is 0.152 e. The lowest BCUT2D eigenvalue weighted by Gasteiger charge is -2.23. The van der Waals surface area contributed by atoms with E-state index in [2.05, 4.69) is 53.9 Å². The fraction of sp³-hybridized carbons (Fsp3) is 0.286. The standard InChI is InChI=1S/C21H23N3O/c1-16-15-19(17-7-4-3-5-8-17)21(20-9-6-14-25-20)24(16)22-18-10-12-23(2)13-11-18/h3-9,14-15H,10-13H2,1-2H3. The Morgan fingerprint density at radius 2 is 1.76 bits per heavy atom. The molecule has 4 nitrogen and oxygen atoms in total. The molecule has 1 aromatic carbocycles. The maximum atomic E-state index is 5.74. The quantitative estimate of drug-likeness (QED) is 0.699. The van der Waals surface area contributed by atoms with Crippen LogP contribution in [0.2, 0.25) is 0 Å². The summed E-state index contributed by atoms with van der Waals surface area (Å²) >= 11 is 0. The lowest BCUT2D eigenvalue weighted by atomic mass is 10.0. The number of aryl methyl sites for hydroxylation is 1. The number of benzene rings is 1. The zero-order chi connectivity index (χ0) is 17.2. The lowest BCUT2D eigenvalue weighted by Crippen LogP contribution is -2.30. The van der Waals surface area contributed by atoms with Crippen molar-refractivity contribution in [2.75, 3.05) is 20.1 Å². The summed E-state index contributed by atoms with van der Waals surface area (Å²) in [5.74, 6) is 0.851. The topological polar surface area (TPSA) is 33.7 Å². The molecular weight excluding hydrogens is 310 g/mol. The molecule has 4 rings (SSSR count). The zero-order valence-corrected chi connectivity index (χ0v) is 14.8. The predicted molar refractivity (Wildman–Crippen MR) is 102 cm³/mol. The van der Waals surface area contributed by atoms with Gasteiger partial charge in [0.1, 0.15) is 5.69 Å². The first kappa shape index (κ1) is 15.9. The van der Waals surface area contributed by atoms with Crippen molar-refractivity contribution in [3.63, 3.8) is 0 Å². The fourth-order valence-corrected chi connectivity index (χ4v) is 3.36. The van der Waals surface area contributed by atoms with E-state index in [1.165, 1.54) is 11.3 Å². The number of likely N-dealkylation sites (tertiary alicyclic amines) is 1. The molecule has 1 aliphatic rings. The molecule has 0 amide bonds. The summed E-state index contributed by atoms with van der Waals surface area (Å²) < 4.78 is 7.80. The van der Waals surface area contributed by atoms with E-state index in [1.54, 1.807) is 6.26 Å². The van der Waals surface area contributed by atoms with Gasteiger partial charge in [-0.05, 0) is 37.7 Å². The Kier molecular flexibility index (Phi) is 4.28. The number of hydrogen-bond donors (Lipinski definition) is 0. The first-order valence-corrected chi connectivity index (χ1v) is 8.79. The zero-order valence-electron chi connectivity index (χ0n) is 14.8. The molecule has 0 N–H and O–H groups in total. The second-order valence-electron chi connectivity index (χ2n) is 6.67. The Morgan fingerprint density at radius 3 is 2.44 bits per heavy atom. The van der Waals surface area contributed by atoms with Crippen LogP contribution >= 0.6 is 0 Å². The fourth-order valence-electron chi connectivity index (χ4n) is 3.36. The Hall–Kier alpha value is -2.59. The van der Waals surface area contributed by atoms with E-state index in [-0.39, 0.29) is 0 Å². The van der Waals surface area contributed by atoms with E-state index in [0.29, 0.717) is 0 Å². The average Bonchev–Trinajstić information content (AvgIpc) is 3.26. The van der Waals surface area contributed by atoms with Gasteiger partial charge >= 0.3 is 0 Å². The number of aromatic nitrogens is 1. The molecule has 0 spiro atoms. The van der Waals surface area contributed by atoms with Gasteiger partial charge in [-0.2, -0.15) is 5.10 Å². The third-order valence-corrected chi connectivity index (χ3v) is 4.80. The second kappa shape index (κ2) is 6.73. The van der Waals surface area contributed by atoms with Gasteiger partial charge in [0, 0.05) is 42.9 Å². The minimum absolute atomic E-state index is 0.851. The predicted octanol–water partition coefficient (Wildman–Crippen LogP) is 4.65. The van der Waals surface area contributed by atoms with E-state index < -0.39 is 0 Å². The molecular formula is C21H23N3O. The molecule has 0 radical (unpaired) electrons. The molecule has 0 unspecified atom stereocenters. The van der Waals surface area contributed by atoms with Crippen molar-refractivity contribution in [2.24, 2.45) is 5.10 Å². The van der Waals surface area contributed by atoms with Crippen LogP contribution in [0, 0.1) is 6.92 Å². The van der Waals surface area contributed by atoms with Crippen molar-refractivity contribution in [1.29, 1.82) is 0 Å². The SMILES string of the molecule is Cc1cc(-c2ccccc2)c(-c2ccco2)n1N=C1CCN(C)CC1. The molecule has 0 aliphatic carbocycles. The minimum atomic E-state index is 0.851. The molecule has 0 atom stereocenters. The van der Waals surface area contributed by atoms with Crippen molar-refractivity contribution < 1.29 is 4.42 Å². The highest BCUT2D eigenvalue weighted by molar-refractivity contribution is 5.87. The van der Waals surface area contributed by atoms with Gasteiger partial charge in [0.2, 0.25) is 0 Å². The van der Waals surface area contributed by atoms with Crippen LogP contribution in [0.1, 0.15) is 18.5 Å². The molecule has 4 heteroatoms. The van der Waals surface area contributed by atoms with Crippen LogP contribution in [0.3, 0.4) is 0 Å². The van der Waals surface area contributed by atoms with Crippen LogP contribution in [0.5, 0.6) is 0 Å². The second-order valence-corrected chi connectivity index (χ2v) is 6.67. The highest BCUT2D eigenvalue weighted by Crippen LogP contribution is 2.35. The maximum Gasteiger partial charge on any atom is 0.152 e. The summed E-state index contributed by atoms with van der Waals surface area (Å²) in [5.41, 5.74) is 5.74. The number of piperidine rings is 1. The third-order valence-electron chi connectivity index (χ3n) is 4.80. The largest absolute Gasteiger partial charge is 0.463 e. The molecule has 2 aromatic heterocycles. The number of nitrogens with zero attached hydrogens (tertiary/aromatic N) is 3. The van der Waals surface area contributed by atoms with Gasteiger partial charge < -0.3 is 9.32 Å². The average molecular weight is 333 g/mol. The molecule has 3 heterocycles. The molecule has 1 aliphatic heterocycles. The number of hydrogen-bond acceptors (Lipinski definition) is 3. The lowest BCUT2D eigenvalue weighted by molar-refractivity contribution is 0.335. The third kappa shape index (κ3) is 3.17. The van der Waals surface area contributed by atoms with Crippen LogP contribution in [0.4, 0.5) is 0 Å². The van der Waals surface area contributed by atoms with E-state index in [0.717, 1.165) is 48.6 Å². The van der Waals surface area contributed by atoms with Crippen molar-refractivity contribution in [3.8, 4) is 22.6 Å². The van der Waals surface area contributed by atoms with Gasteiger partial charge in [-0.25, -0.2) is 4.68 Å². The van der Waals surface area contributed by atoms with Crippen LogP contribution in [-0.4, -0.2) is 35.4 Å². The van der Waals surface area contributed by atoms with Crippen LogP contribution in [-0.2, 0) is 0 Å². The summed E-state index contributed by atoms with van der Waals surface area (Å²) in [6.07, 6.45) is 3.76. The summed E-state index contributed by atoms with van der Waals surface area (Å²) in [5, 5.41) is 5.00. The Labute approximate surface area is 148 Å². The Bertz CT molecular complexity index is 866. The van der Waals surface area contributed by atoms with Gasteiger partial charge in [-0.1, -0.05) is 30.3 Å². The van der Waals surface area contributed by atoms with Gasteiger partial charge in [-0.15, -0.1) is 0 Å². The first-order chi connectivity index (χ1) is 12.2. The molecule has 0 saturated carbocycles. The van der Waals surface area contributed by atoms with Crippen LogP contribution in [0.15, 0.2) is 64.3 Å². The normalized spacial score (nSPS) is 15.5. The maximum absolute atomic E-state index is 5.74. The monoisotopic (exact) mass is 333 g/mol. The van der Waals surface area contributed by atoms with E-state index in [9.17, 15) is 0 Å².